The molecule has 0 saturated heterocycles. The number of hydrogen-bond acceptors (Lipinski definition) is 7. The summed E-state index contributed by atoms with van der Waals surface area (Å²) in [6.07, 6.45) is 0. The van der Waals surface area contributed by atoms with Crippen LogP contribution in [0.2, 0.25) is 0 Å². The van der Waals surface area contributed by atoms with Crippen LogP contribution < -0.4 is 9.47 Å². The van der Waals surface area contributed by atoms with E-state index in [9.17, 15) is 24.9 Å². The number of ether oxygens (including phenoxy) is 2. The van der Waals surface area contributed by atoms with Crippen molar-refractivity contribution in [2.75, 3.05) is 0 Å². The van der Waals surface area contributed by atoms with Gasteiger partial charge in [-0.1, -0.05) is 12.1 Å². The van der Waals surface area contributed by atoms with Crippen LogP contribution in [0, 0.1) is 0 Å². The van der Waals surface area contributed by atoms with E-state index in [1.807, 2.05) is 0 Å². The summed E-state index contributed by atoms with van der Waals surface area (Å²) in [5.41, 5.74) is -0.156. The first-order chi connectivity index (χ1) is 12.9. The summed E-state index contributed by atoms with van der Waals surface area (Å²) in [6, 6.07) is 14.9. The Bertz CT molecular complexity index is 1010. The zero-order valence-corrected chi connectivity index (χ0v) is 13.8. The minimum atomic E-state index is -0.856. The highest BCUT2D eigenvalue weighted by Gasteiger charge is 2.17. The van der Waals surface area contributed by atoms with E-state index < -0.39 is 17.7 Å². The predicted molar refractivity (Wildman–Crippen MR) is 94.2 cm³/mol. The number of phenolic OH excluding ortho intramolecular Hbond substituents is 3. The van der Waals surface area contributed by atoms with Crippen molar-refractivity contribution in [2.24, 2.45) is 0 Å². The number of benzene rings is 3. The first-order valence-electron chi connectivity index (χ1n) is 7.78. The lowest BCUT2D eigenvalue weighted by Gasteiger charge is -2.08. The SMILES string of the molecule is O=C(Oc1cccc(O)c1)c1ccc(C(=O)Oc2cccc(O)c2)c(O)c1. The molecule has 0 atom stereocenters. The van der Waals surface area contributed by atoms with Crippen molar-refractivity contribution in [3.63, 3.8) is 0 Å². The standard InChI is InChI=1S/C20H14O7/c21-13-3-1-5-15(10-13)26-19(24)12-7-8-17(18(23)9-12)20(25)27-16-6-2-4-14(22)11-16/h1-11,21-23H. The third-order valence-corrected chi connectivity index (χ3v) is 3.51. The van der Waals surface area contributed by atoms with Crippen molar-refractivity contribution in [1.29, 1.82) is 0 Å². The van der Waals surface area contributed by atoms with Crippen molar-refractivity contribution in [3.05, 3.63) is 77.9 Å². The van der Waals surface area contributed by atoms with Gasteiger partial charge in [-0.3, -0.25) is 0 Å². The molecule has 0 aliphatic heterocycles. The maximum absolute atomic E-state index is 12.1. The monoisotopic (exact) mass is 366 g/mol. The summed E-state index contributed by atoms with van der Waals surface area (Å²) >= 11 is 0. The third kappa shape index (κ3) is 4.35. The van der Waals surface area contributed by atoms with Gasteiger partial charge in [-0.2, -0.15) is 0 Å². The van der Waals surface area contributed by atoms with Gasteiger partial charge in [0.05, 0.1) is 5.56 Å². The molecule has 0 amide bonds. The van der Waals surface area contributed by atoms with Crippen molar-refractivity contribution >= 4 is 11.9 Å². The van der Waals surface area contributed by atoms with E-state index >= 15 is 0 Å². The second-order valence-corrected chi connectivity index (χ2v) is 5.51. The Balaban J connectivity index is 1.74. The smallest absolute Gasteiger partial charge is 0.347 e. The Morgan fingerprint density at radius 3 is 1.74 bits per heavy atom. The maximum Gasteiger partial charge on any atom is 0.347 e. The van der Waals surface area contributed by atoms with Crippen LogP contribution in [-0.2, 0) is 0 Å². The van der Waals surface area contributed by atoms with Gasteiger partial charge in [0.25, 0.3) is 0 Å². The number of hydrogen-bond donors (Lipinski definition) is 3. The summed E-state index contributed by atoms with van der Waals surface area (Å²) in [5.74, 6) is -2.00. The van der Waals surface area contributed by atoms with E-state index in [2.05, 4.69) is 0 Å². The molecule has 0 fully saturated rings. The van der Waals surface area contributed by atoms with Gasteiger partial charge >= 0.3 is 11.9 Å². The van der Waals surface area contributed by atoms with Crippen molar-refractivity contribution in [1.82, 2.24) is 0 Å². The van der Waals surface area contributed by atoms with Crippen molar-refractivity contribution < 1.29 is 34.4 Å². The van der Waals surface area contributed by atoms with E-state index in [1.54, 1.807) is 0 Å². The molecule has 0 saturated carbocycles. The van der Waals surface area contributed by atoms with Crippen molar-refractivity contribution in [3.8, 4) is 28.7 Å². The normalized spacial score (nSPS) is 10.2. The third-order valence-electron chi connectivity index (χ3n) is 3.51. The average Bonchev–Trinajstić information content (AvgIpc) is 2.61. The van der Waals surface area contributed by atoms with E-state index in [0.29, 0.717) is 0 Å². The summed E-state index contributed by atoms with van der Waals surface area (Å²) in [4.78, 5) is 24.3. The Hall–Kier alpha value is -4.00. The zero-order chi connectivity index (χ0) is 19.4. The molecule has 0 aliphatic rings. The molecule has 3 N–H and O–H groups in total. The lowest BCUT2D eigenvalue weighted by molar-refractivity contribution is 0.0717. The molecule has 27 heavy (non-hydrogen) atoms. The Labute approximate surface area is 153 Å². The molecule has 7 heteroatoms. The molecule has 0 aromatic heterocycles. The van der Waals surface area contributed by atoms with Gasteiger partial charge in [-0.15, -0.1) is 0 Å². The Kier molecular flexibility index (Phi) is 4.94. The second kappa shape index (κ2) is 7.49. The topological polar surface area (TPSA) is 113 Å². The van der Waals surface area contributed by atoms with Crippen LogP contribution in [0.3, 0.4) is 0 Å². The van der Waals surface area contributed by atoms with Crippen LogP contribution in [0.1, 0.15) is 20.7 Å². The Morgan fingerprint density at radius 1 is 0.667 bits per heavy atom. The summed E-state index contributed by atoms with van der Waals surface area (Å²) in [7, 11) is 0. The molecule has 0 spiro atoms. The van der Waals surface area contributed by atoms with Gasteiger partial charge in [-0.05, 0) is 42.5 Å². The molecule has 0 aliphatic carbocycles. The van der Waals surface area contributed by atoms with Gasteiger partial charge in [0.2, 0.25) is 0 Å². The zero-order valence-electron chi connectivity index (χ0n) is 13.8. The van der Waals surface area contributed by atoms with E-state index in [4.69, 9.17) is 9.47 Å². The van der Waals surface area contributed by atoms with Crippen LogP contribution in [0.15, 0.2) is 66.7 Å². The van der Waals surface area contributed by atoms with Gasteiger partial charge in [0.15, 0.2) is 0 Å². The fourth-order valence-corrected chi connectivity index (χ4v) is 2.25. The highest BCUT2D eigenvalue weighted by atomic mass is 16.5. The number of carbonyl (C=O) groups excluding carboxylic acids is 2. The fourth-order valence-electron chi connectivity index (χ4n) is 2.25. The molecule has 0 heterocycles. The van der Waals surface area contributed by atoms with E-state index in [-0.39, 0.29) is 34.1 Å². The molecule has 0 radical (unpaired) electrons. The largest absolute Gasteiger partial charge is 0.508 e. The molecule has 3 aromatic carbocycles. The number of rotatable bonds is 4. The Morgan fingerprint density at radius 2 is 1.22 bits per heavy atom. The van der Waals surface area contributed by atoms with Crippen LogP contribution in [0.25, 0.3) is 0 Å². The molecule has 7 nitrogen and oxygen atoms in total. The van der Waals surface area contributed by atoms with Crippen LogP contribution in [0.4, 0.5) is 0 Å². The predicted octanol–water partition coefficient (Wildman–Crippen LogP) is 3.24. The molecule has 0 bridgehead atoms. The molecular weight excluding hydrogens is 352 g/mol. The van der Waals surface area contributed by atoms with Crippen molar-refractivity contribution in [2.45, 2.75) is 0 Å². The van der Waals surface area contributed by atoms with Gasteiger partial charge in [0.1, 0.15) is 34.3 Å². The number of carbonyl (C=O) groups is 2. The first-order valence-corrected chi connectivity index (χ1v) is 7.78. The minimum absolute atomic E-state index is 0.00440. The fraction of sp³-hybridized carbons (Fsp3) is 0. The first kappa shape index (κ1) is 17.8. The van der Waals surface area contributed by atoms with Gasteiger partial charge in [0, 0.05) is 12.1 Å². The number of esters is 2. The summed E-state index contributed by atoms with van der Waals surface area (Å²) in [5, 5.41) is 28.8. The van der Waals surface area contributed by atoms with E-state index in [1.165, 1.54) is 60.7 Å². The second-order valence-electron chi connectivity index (χ2n) is 5.51. The highest BCUT2D eigenvalue weighted by Crippen LogP contribution is 2.24. The quantitative estimate of drug-likeness (QED) is 0.480. The van der Waals surface area contributed by atoms with E-state index in [0.717, 1.165) is 6.07 Å². The van der Waals surface area contributed by atoms with Crippen LogP contribution in [-0.4, -0.2) is 27.3 Å². The van der Waals surface area contributed by atoms with Gasteiger partial charge in [-0.25, -0.2) is 9.59 Å². The minimum Gasteiger partial charge on any atom is -0.508 e. The highest BCUT2D eigenvalue weighted by molar-refractivity contribution is 5.97. The number of aromatic hydroxyl groups is 3. The van der Waals surface area contributed by atoms with Crippen LogP contribution >= 0.6 is 0 Å². The lowest BCUT2D eigenvalue weighted by Crippen LogP contribution is -2.11. The van der Waals surface area contributed by atoms with Crippen LogP contribution in [0.5, 0.6) is 28.7 Å². The molecule has 3 rings (SSSR count). The summed E-state index contributed by atoms with van der Waals surface area (Å²) in [6.45, 7) is 0. The summed E-state index contributed by atoms with van der Waals surface area (Å²) < 4.78 is 10.2. The molecule has 136 valence electrons. The number of phenols is 3. The lowest BCUT2D eigenvalue weighted by atomic mass is 10.1. The maximum atomic E-state index is 12.1. The molecule has 3 aromatic rings. The molecule has 0 unspecified atom stereocenters. The molecular formula is C20H14O7. The van der Waals surface area contributed by atoms with Gasteiger partial charge < -0.3 is 24.8 Å². The average molecular weight is 366 g/mol.